The molecule has 0 atom stereocenters. The molecular formula is C18H19ClN4O3. The number of aromatic nitrogens is 1. The van der Waals surface area contributed by atoms with Crippen LogP contribution in [0, 0.1) is 0 Å². The molecule has 136 valence electrons. The zero-order valence-electron chi connectivity index (χ0n) is 14.1. The van der Waals surface area contributed by atoms with Crippen molar-refractivity contribution in [2.24, 2.45) is 5.73 Å². The molecular weight excluding hydrogens is 356 g/mol. The Morgan fingerprint density at radius 3 is 2.54 bits per heavy atom. The summed E-state index contributed by atoms with van der Waals surface area (Å²) in [6.45, 7) is 1.83. The highest BCUT2D eigenvalue weighted by atomic mass is 35.5. The molecule has 0 saturated heterocycles. The van der Waals surface area contributed by atoms with Crippen LogP contribution in [0.25, 0.3) is 0 Å². The lowest BCUT2D eigenvalue weighted by Crippen LogP contribution is -2.47. The normalized spacial score (nSPS) is 13.5. The van der Waals surface area contributed by atoms with Gasteiger partial charge in [-0.3, -0.25) is 14.4 Å². The van der Waals surface area contributed by atoms with E-state index in [1.165, 1.54) is 16.7 Å². The number of fused-ring (bicyclic) bond motifs is 1. The number of amides is 2. The van der Waals surface area contributed by atoms with Crippen molar-refractivity contribution in [2.75, 3.05) is 19.6 Å². The van der Waals surface area contributed by atoms with Gasteiger partial charge in [-0.25, -0.2) is 0 Å². The number of benzene rings is 1. The number of hydrogen-bond donors (Lipinski definition) is 2. The molecule has 7 nitrogen and oxygen atoms in total. The number of hydrogen-bond acceptors (Lipinski definition) is 4. The highest BCUT2D eigenvalue weighted by Crippen LogP contribution is 2.12. The van der Waals surface area contributed by atoms with Crippen molar-refractivity contribution in [1.29, 1.82) is 0 Å². The maximum Gasteiger partial charge on any atom is 0.270 e. The summed E-state index contributed by atoms with van der Waals surface area (Å²) in [5.74, 6) is -0.719. The summed E-state index contributed by atoms with van der Waals surface area (Å²) in [7, 11) is 0. The van der Waals surface area contributed by atoms with Crippen molar-refractivity contribution in [2.45, 2.75) is 13.1 Å². The van der Waals surface area contributed by atoms with E-state index in [9.17, 15) is 14.4 Å². The minimum atomic E-state index is -0.475. The molecule has 0 unspecified atom stereocenters. The topological polar surface area (TPSA) is 97.4 Å². The van der Waals surface area contributed by atoms with Crippen LogP contribution in [0.3, 0.4) is 0 Å². The molecule has 0 saturated carbocycles. The van der Waals surface area contributed by atoms with Crippen LogP contribution in [0.2, 0.25) is 5.02 Å². The molecule has 1 aromatic heterocycles. The first kappa shape index (κ1) is 18.2. The molecule has 1 aliphatic heterocycles. The smallest absolute Gasteiger partial charge is 0.270 e. The molecule has 2 heterocycles. The molecule has 0 radical (unpaired) electrons. The van der Waals surface area contributed by atoms with Gasteiger partial charge < -0.3 is 20.5 Å². The quantitative estimate of drug-likeness (QED) is 0.810. The van der Waals surface area contributed by atoms with E-state index in [1.54, 1.807) is 29.2 Å². The molecule has 8 heteroatoms. The van der Waals surface area contributed by atoms with Gasteiger partial charge in [-0.1, -0.05) is 23.7 Å². The average molecular weight is 375 g/mol. The highest BCUT2D eigenvalue weighted by Gasteiger charge is 2.26. The summed E-state index contributed by atoms with van der Waals surface area (Å²) >= 11 is 5.83. The van der Waals surface area contributed by atoms with Crippen molar-refractivity contribution in [1.82, 2.24) is 14.8 Å². The molecule has 3 N–H and O–H groups in total. The summed E-state index contributed by atoms with van der Waals surface area (Å²) in [5.41, 5.74) is 6.21. The molecule has 1 aliphatic rings. The van der Waals surface area contributed by atoms with Gasteiger partial charge in [-0.15, -0.1) is 0 Å². The molecule has 2 aromatic rings. The first-order chi connectivity index (χ1) is 12.5. The lowest BCUT2D eigenvalue weighted by atomic mass is 10.1. The van der Waals surface area contributed by atoms with E-state index < -0.39 is 11.5 Å². The predicted molar refractivity (Wildman–Crippen MR) is 98.3 cm³/mol. The first-order valence-electron chi connectivity index (χ1n) is 8.27. The Balaban J connectivity index is 1.77. The highest BCUT2D eigenvalue weighted by molar-refractivity contribution is 6.30. The van der Waals surface area contributed by atoms with Gasteiger partial charge in [0, 0.05) is 37.7 Å². The van der Waals surface area contributed by atoms with Crippen LogP contribution in [0.4, 0.5) is 0 Å². The van der Waals surface area contributed by atoms with Crippen molar-refractivity contribution in [3.8, 4) is 0 Å². The monoisotopic (exact) mass is 374 g/mol. The van der Waals surface area contributed by atoms with Crippen LogP contribution < -0.4 is 16.6 Å². The maximum atomic E-state index is 12.6. The molecule has 0 fully saturated rings. The fraction of sp³-hybridized carbons (Fsp3) is 0.278. The fourth-order valence-electron chi connectivity index (χ4n) is 2.89. The molecule has 1 aromatic carbocycles. The maximum absolute atomic E-state index is 12.6. The molecule has 2 amide bonds. The number of pyridine rings is 1. The van der Waals surface area contributed by atoms with Crippen LogP contribution in [0.15, 0.2) is 41.2 Å². The van der Waals surface area contributed by atoms with Gasteiger partial charge in [0.15, 0.2) is 0 Å². The van der Waals surface area contributed by atoms with E-state index in [0.29, 0.717) is 31.2 Å². The largest absolute Gasteiger partial charge is 0.348 e. The van der Waals surface area contributed by atoms with Gasteiger partial charge in [0.2, 0.25) is 0 Å². The summed E-state index contributed by atoms with van der Waals surface area (Å²) in [6.07, 6.45) is 0. The summed E-state index contributed by atoms with van der Waals surface area (Å²) in [5, 5.41) is 3.33. The lowest BCUT2D eigenvalue weighted by Gasteiger charge is -2.29. The van der Waals surface area contributed by atoms with Gasteiger partial charge in [-0.05, 0) is 29.8 Å². The van der Waals surface area contributed by atoms with Gasteiger partial charge in [0.05, 0.1) is 0 Å². The second kappa shape index (κ2) is 7.72. The minimum absolute atomic E-state index is 0.0165. The first-order valence-corrected chi connectivity index (χ1v) is 8.65. The van der Waals surface area contributed by atoms with Crippen LogP contribution in [0.5, 0.6) is 0 Å². The Kier molecular flexibility index (Phi) is 5.39. The van der Waals surface area contributed by atoms with E-state index in [4.69, 9.17) is 17.3 Å². The number of carbonyl (C=O) groups is 2. The van der Waals surface area contributed by atoms with Gasteiger partial charge in [-0.2, -0.15) is 0 Å². The van der Waals surface area contributed by atoms with E-state index in [-0.39, 0.29) is 23.7 Å². The number of nitrogens with zero attached hydrogens (tertiary/aromatic N) is 2. The Labute approximate surface area is 155 Å². The van der Waals surface area contributed by atoms with E-state index in [2.05, 4.69) is 5.32 Å². The second-order valence-electron chi connectivity index (χ2n) is 5.98. The third kappa shape index (κ3) is 3.63. The van der Waals surface area contributed by atoms with Crippen molar-refractivity contribution in [3.63, 3.8) is 0 Å². The number of carbonyl (C=O) groups excluding carboxylic acids is 2. The fourth-order valence-corrected chi connectivity index (χ4v) is 3.02. The number of rotatable bonds is 5. The summed E-state index contributed by atoms with van der Waals surface area (Å²) in [6, 6.07) is 9.98. The molecule has 0 aliphatic carbocycles. The number of nitrogens with one attached hydrogen (secondary N) is 1. The Bertz CT molecular complexity index is 892. The third-order valence-electron chi connectivity index (χ3n) is 4.28. The van der Waals surface area contributed by atoms with Crippen LogP contribution in [0.1, 0.15) is 26.4 Å². The minimum Gasteiger partial charge on any atom is -0.348 e. The zero-order valence-corrected chi connectivity index (χ0v) is 14.8. The molecule has 0 bridgehead atoms. The van der Waals surface area contributed by atoms with E-state index in [0.717, 1.165) is 5.56 Å². The van der Waals surface area contributed by atoms with Crippen molar-refractivity contribution < 1.29 is 9.59 Å². The lowest BCUT2D eigenvalue weighted by molar-refractivity contribution is 0.0704. The van der Waals surface area contributed by atoms with Gasteiger partial charge in [0.1, 0.15) is 11.3 Å². The predicted octanol–water partition coefficient (Wildman–Crippen LogP) is 0.846. The Morgan fingerprint density at radius 2 is 1.85 bits per heavy atom. The summed E-state index contributed by atoms with van der Waals surface area (Å²) in [4.78, 5) is 39.0. The van der Waals surface area contributed by atoms with Crippen molar-refractivity contribution >= 4 is 23.4 Å². The standard InChI is InChI=1S/C18H19ClN4O3/c19-13-3-1-12(2-4-13)11-21-16(24)14-5-6-15-18(26)22(8-7-20)9-10-23(15)17(14)25/h1-6H,7-11,20H2,(H,21,24). The van der Waals surface area contributed by atoms with Crippen LogP contribution in [-0.2, 0) is 13.1 Å². The van der Waals surface area contributed by atoms with Crippen LogP contribution in [-0.4, -0.2) is 40.9 Å². The van der Waals surface area contributed by atoms with Gasteiger partial charge in [0.25, 0.3) is 17.4 Å². The third-order valence-corrected chi connectivity index (χ3v) is 4.54. The number of nitrogens with two attached hydrogens (primary N) is 1. The van der Waals surface area contributed by atoms with Crippen LogP contribution >= 0.6 is 11.6 Å². The van der Waals surface area contributed by atoms with E-state index in [1.807, 2.05) is 0 Å². The average Bonchev–Trinajstić information content (AvgIpc) is 2.64. The molecule has 3 rings (SSSR count). The zero-order chi connectivity index (χ0) is 18.7. The van der Waals surface area contributed by atoms with E-state index >= 15 is 0 Å². The SMILES string of the molecule is NCCN1CCn2c(ccc(C(=O)NCc3ccc(Cl)cc3)c2=O)C1=O. The molecule has 0 spiro atoms. The Morgan fingerprint density at radius 1 is 1.12 bits per heavy atom. The second-order valence-corrected chi connectivity index (χ2v) is 6.42. The Hall–Kier alpha value is -2.64. The molecule has 26 heavy (non-hydrogen) atoms. The summed E-state index contributed by atoms with van der Waals surface area (Å²) < 4.78 is 1.35. The number of halogens is 1. The van der Waals surface area contributed by atoms with Gasteiger partial charge >= 0.3 is 0 Å². The van der Waals surface area contributed by atoms with Crippen molar-refractivity contribution in [3.05, 3.63) is 68.6 Å².